The Morgan fingerprint density at radius 1 is 0.968 bits per heavy atom. The highest BCUT2D eigenvalue weighted by atomic mass is 16.5. The molecule has 0 bridgehead atoms. The minimum Gasteiger partial charge on any atom is -0.497 e. The first kappa shape index (κ1) is 20.7. The number of hydrogen-bond acceptors (Lipinski definition) is 3. The summed E-state index contributed by atoms with van der Waals surface area (Å²) in [5.41, 5.74) is 4.82. The Bertz CT molecular complexity index is 1260. The van der Waals surface area contributed by atoms with Gasteiger partial charge < -0.3 is 4.74 Å². The third-order valence-corrected chi connectivity index (χ3v) is 5.52. The maximum absolute atomic E-state index is 13.3. The van der Waals surface area contributed by atoms with Crippen LogP contribution in [0.1, 0.15) is 23.4 Å². The summed E-state index contributed by atoms with van der Waals surface area (Å²) in [7, 11) is 1.65. The van der Waals surface area contributed by atoms with Gasteiger partial charge >= 0.3 is 0 Å². The average Bonchev–Trinajstić information content (AvgIpc) is 2.79. The molecule has 0 aliphatic rings. The fourth-order valence-electron chi connectivity index (χ4n) is 3.61. The van der Waals surface area contributed by atoms with Crippen molar-refractivity contribution < 1.29 is 4.74 Å². The van der Waals surface area contributed by atoms with Crippen LogP contribution in [0, 0.1) is 13.8 Å². The molecule has 5 nitrogen and oxygen atoms in total. The van der Waals surface area contributed by atoms with E-state index < -0.39 is 0 Å². The summed E-state index contributed by atoms with van der Waals surface area (Å²) >= 11 is 0. The highest BCUT2D eigenvalue weighted by molar-refractivity contribution is 5.77. The predicted octanol–water partition coefficient (Wildman–Crippen LogP) is 4.88. The van der Waals surface area contributed by atoms with Crippen LogP contribution >= 0.6 is 0 Å². The van der Waals surface area contributed by atoms with Crippen LogP contribution in [-0.4, -0.2) is 23.2 Å². The van der Waals surface area contributed by atoms with E-state index in [-0.39, 0.29) is 5.56 Å². The fraction of sp³-hybridized carbons (Fsp3) is 0.231. The number of para-hydroxylation sites is 1. The Labute approximate surface area is 182 Å². The van der Waals surface area contributed by atoms with E-state index in [9.17, 15) is 4.79 Å². The Kier molecular flexibility index (Phi) is 6.03. The van der Waals surface area contributed by atoms with E-state index in [0.717, 1.165) is 40.4 Å². The highest BCUT2D eigenvalue weighted by Crippen LogP contribution is 2.18. The van der Waals surface area contributed by atoms with Crippen LogP contribution in [0.5, 0.6) is 5.75 Å². The van der Waals surface area contributed by atoms with Crippen molar-refractivity contribution >= 4 is 16.6 Å². The van der Waals surface area contributed by atoms with Crippen LogP contribution in [-0.2, 0) is 6.42 Å². The Hall–Kier alpha value is -3.60. The Balaban J connectivity index is 1.60. The molecule has 0 saturated heterocycles. The van der Waals surface area contributed by atoms with Gasteiger partial charge in [0.15, 0.2) is 0 Å². The van der Waals surface area contributed by atoms with Gasteiger partial charge in [-0.2, -0.15) is 0 Å². The van der Waals surface area contributed by atoms with Gasteiger partial charge in [-0.1, -0.05) is 18.2 Å². The molecule has 5 heteroatoms. The van der Waals surface area contributed by atoms with E-state index >= 15 is 0 Å². The van der Waals surface area contributed by atoms with Crippen LogP contribution in [0.15, 0.2) is 71.5 Å². The van der Waals surface area contributed by atoms with E-state index in [4.69, 9.17) is 9.72 Å². The monoisotopic (exact) mass is 412 g/mol. The zero-order valence-corrected chi connectivity index (χ0v) is 18.1. The van der Waals surface area contributed by atoms with Crippen molar-refractivity contribution in [3.63, 3.8) is 0 Å². The number of fused-ring (bicyclic) bond motifs is 1. The Morgan fingerprint density at radius 2 is 1.74 bits per heavy atom. The molecule has 1 aromatic heterocycles. The molecule has 0 spiro atoms. The molecule has 0 fully saturated rings. The van der Waals surface area contributed by atoms with Gasteiger partial charge in [0.2, 0.25) is 0 Å². The highest BCUT2D eigenvalue weighted by Gasteiger charge is 2.13. The molecule has 0 aliphatic heterocycles. The summed E-state index contributed by atoms with van der Waals surface area (Å²) in [4.78, 5) is 18.2. The average molecular weight is 413 g/mol. The molecule has 157 valence electrons. The van der Waals surface area contributed by atoms with E-state index in [1.165, 1.54) is 5.56 Å². The van der Waals surface area contributed by atoms with Gasteiger partial charge in [0.1, 0.15) is 11.6 Å². The van der Waals surface area contributed by atoms with Crippen LogP contribution in [0.25, 0.3) is 16.6 Å². The van der Waals surface area contributed by atoms with Gasteiger partial charge in [-0.25, -0.2) is 4.98 Å². The maximum Gasteiger partial charge on any atom is 0.265 e. The molecule has 0 amide bonds. The first-order chi connectivity index (χ1) is 15.1. The second kappa shape index (κ2) is 9.04. The molecular weight excluding hydrogens is 386 g/mol. The standard InChI is InChI=1S/C26H26N3O2/c1-18-10-13-21(17-19(18)2)29-25(28-24-8-5-4-7-23(24)26(29)30)9-6-16-27-20-11-14-22(31-3)15-12-20/h4-5,7-8,10-15,17H,6,9,16H2,1-3H3. The zero-order chi connectivity index (χ0) is 21.8. The Morgan fingerprint density at radius 3 is 2.48 bits per heavy atom. The number of rotatable bonds is 7. The van der Waals surface area contributed by atoms with E-state index in [1.54, 1.807) is 11.7 Å². The number of aryl methyl sites for hydroxylation is 3. The van der Waals surface area contributed by atoms with Gasteiger partial charge in [0.25, 0.3) is 5.56 Å². The molecule has 4 aromatic rings. The van der Waals surface area contributed by atoms with Crippen molar-refractivity contribution in [2.24, 2.45) is 0 Å². The number of benzene rings is 3. The SMILES string of the molecule is COc1ccc([N]CCCc2nc3ccccc3c(=O)n2-c2ccc(C)c(C)c2)cc1. The molecule has 0 unspecified atom stereocenters. The van der Waals surface area contributed by atoms with E-state index in [0.29, 0.717) is 18.4 Å². The zero-order valence-electron chi connectivity index (χ0n) is 18.1. The topological polar surface area (TPSA) is 58.2 Å². The molecule has 1 heterocycles. The number of ether oxygens (including phenoxy) is 1. The predicted molar refractivity (Wildman–Crippen MR) is 125 cm³/mol. The lowest BCUT2D eigenvalue weighted by atomic mass is 10.1. The summed E-state index contributed by atoms with van der Waals surface area (Å²) in [6.45, 7) is 4.79. The number of hydrogen-bond donors (Lipinski definition) is 0. The van der Waals surface area contributed by atoms with E-state index in [1.807, 2.05) is 54.6 Å². The molecule has 31 heavy (non-hydrogen) atoms. The summed E-state index contributed by atoms with van der Waals surface area (Å²) in [5, 5.41) is 5.27. The lowest BCUT2D eigenvalue weighted by Crippen LogP contribution is -2.24. The molecule has 0 saturated carbocycles. The van der Waals surface area contributed by atoms with Gasteiger partial charge in [0.05, 0.1) is 29.4 Å². The third kappa shape index (κ3) is 4.45. The van der Waals surface area contributed by atoms with Crippen LogP contribution in [0.4, 0.5) is 5.69 Å². The van der Waals surface area contributed by atoms with Gasteiger partial charge in [-0.15, -0.1) is 0 Å². The first-order valence-electron chi connectivity index (χ1n) is 10.5. The fourth-order valence-corrected chi connectivity index (χ4v) is 3.61. The van der Waals surface area contributed by atoms with Crippen molar-refractivity contribution in [3.8, 4) is 11.4 Å². The third-order valence-electron chi connectivity index (χ3n) is 5.52. The molecule has 3 aromatic carbocycles. The summed E-state index contributed by atoms with van der Waals surface area (Å²) in [6, 6.07) is 21.3. The largest absolute Gasteiger partial charge is 0.497 e. The minimum atomic E-state index is -0.0315. The lowest BCUT2D eigenvalue weighted by molar-refractivity contribution is 0.415. The minimum absolute atomic E-state index is 0.0315. The van der Waals surface area contributed by atoms with Gasteiger partial charge in [-0.05, 0) is 79.9 Å². The first-order valence-corrected chi connectivity index (χ1v) is 10.5. The number of methoxy groups -OCH3 is 1. The number of aromatic nitrogens is 2. The second-order valence-corrected chi connectivity index (χ2v) is 7.64. The van der Waals surface area contributed by atoms with Crippen molar-refractivity contribution in [2.75, 3.05) is 13.7 Å². The van der Waals surface area contributed by atoms with Crippen LogP contribution in [0.2, 0.25) is 0 Å². The molecular formula is C26H26N3O2. The summed E-state index contributed by atoms with van der Waals surface area (Å²) < 4.78 is 6.94. The lowest BCUT2D eigenvalue weighted by Gasteiger charge is -2.15. The number of nitrogens with zero attached hydrogens (tertiary/aromatic N) is 3. The summed E-state index contributed by atoms with van der Waals surface area (Å²) in [5.74, 6) is 1.58. The normalized spacial score (nSPS) is 10.9. The summed E-state index contributed by atoms with van der Waals surface area (Å²) in [6.07, 6.45) is 1.45. The van der Waals surface area contributed by atoms with Crippen molar-refractivity contribution in [1.29, 1.82) is 0 Å². The second-order valence-electron chi connectivity index (χ2n) is 7.64. The molecule has 1 radical (unpaired) electrons. The van der Waals surface area contributed by atoms with E-state index in [2.05, 4.69) is 31.3 Å². The van der Waals surface area contributed by atoms with Gasteiger partial charge in [0, 0.05) is 13.0 Å². The quantitative estimate of drug-likeness (QED) is 0.407. The van der Waals surface area contributed by atoms with Gasteiger partial charge in [-0.3, -0.25) is 14.7 Å². The smallest absolute Gasteiger partial charge is 0.265 e. The molecule has 4 rings (SSSR count). The van der Waals surface area contributed by atoms with Crippen molar-refractivity contribution in [3.05, 3.63) is 94.0 Å². The molecule has 0 aliphatic carbocycles. The molecule has 0 atom stereocenters. The van der Waals surface area contributed by atoms with Crippen molar-refractivity contribution in [2.45, 2.75) is 26.7 Å². The van der Waals surface area contributed by atoms with Crippen LogP contribution < -0.4 is 15.6 Å². The maximum atomic E-state index is 13.3. The molecule has 0 N–H and O–H groups in total. The van der Waals surface area contributed by atoms with Crippen LogP contribution in [0.3, 0.4) is 0 Å². The van der Waals surface area contributed by atoms with Crippen molar-refractivity contribution in [1.82, 2.24) is 14.9 Å².